The lowest BCUT2D eigenvalue weighted by Gasteiger charge is -2.17. The molecule has 1 aliphatic rings. The Morgan fingerprint density at radius 3 is 2.46 bits per heavy atom. The van der Waals surface area contributed by atoms with E-state index in [2.05, 4.69) is 5.32 Å². The number of carbonyl (C=O) groups excluding carboxylic acids is 1. The second-order valence-electron chi connectivity index (χ2n) is 6.10. The van der Waals surface area contributed by atoms with Crippen molar-refractivity contribution in [2.24, 2.45) is 5.92 Å². The highest BCUT2D eigenvalue weighted by Crippen LogP contribution is 2.26. The van der Waals surface area contributed by atoms with E-state index in [1.54, 1.807) is 31.2 Å². The van der Waals surface area contributed by atoms with E-state index in [-0.39, 0.29) is 29.0 Å². The minimum Gasteiger partial charge on any atom is -0.481 e. The van der Waals surface area contributed by atoms with Gasteiger partial charge in [0.25, 0.3) is 0 Å². The number of hydrogen-bond acceptors (Lipinski definition) is 4. The number of aryl methyl sites for hydroxylation is 1. The summed E-state index contributed by atoms with van der Waals surface area (Å²) in [4.78, 5) is 23.4. The summed E-state index contributed by atoms with van der Waals surface area (Å²) in [6.45, 7) is 1.60. The number of rotatable bonds is 7. The second kappa shape index (κ2) is 7.79. The summed E-state index contributed by atoms with van der Waals surface area (Å²) in [7, 11) is -3.21. The Labute approximate surface area is 142 Å². The van der Waals surface area contributed by atoms with Crippen molar-refractivity contribution in [3.05, 3.63) is 29.8 Å². The number of sulfone groups is 1. The average molecular weight is 353 g/mol. The lowest BCUT2D eigenvalue weighted by atomic mass is 10.0. The molecule has 2 N–H and O–H groups in total. The first-order valence-corrected chi connectivity index (χ1v) is 9.82. The van der Waals surface area contributed by atoms with Crippen molar-refractivity contribution in [3.8, 4) is 0 Å². The van der Waals surface area contributed by atoms with E-state index >= 15 is 0 Å². The highest BCUT2D eigenvalue weighted by atomic mass is 32.2. The fraction of sp³-hybridized carbons (Fsp3) is 0.529. The van der Waals surface area contributed by atoms with Crippen molar-refractivity contribution in [1.82, 2.24) is 5.32 Å². The summed E-state index contributed by atoms with van der Waals surface area (Å²) in [6, 6.07) is 6.26. The molecule has 0 saturated heterocycles. The maximum atomic E-state index is 12.0. The third-order valence-electron chi connectivity index (χ3n) is 4.48. The van der Waals surface area contributed by atoms with E-state index in [1.807, 2.05) is 0 Å². The maximum absolute atomic E-state index is 12.0. The van der Waals surface area contributed by atoms with E-state index in [9.17, 15) is 18.0 Å². The molecule has 0 unspecified atom stereocenters. The van der Waals surface area contributed by atoms with Crippen LogP contribution in [0.3, 0.4) is 0 Å². The number of nitrogens with one attached hydrogen (secondary N) is 1. The second-order valence-corrected chi connectivity index (χ2v) is 8.38. The highest BCUT2D eigenvalue weighted by Gasteiger charge is 2.33. The van der Waals surface area contributed by atoms with Gasteiger partial charge in [0.15, 0.2) is 9.84 Å². The third kappa shape index (κ3) is 4.56. The fourth-order valence-electron chi connectivity index (χ4n) is 3.00. The molecule has 1 aromatic carbocycles. The fourth-order valence-corrected chi connectivity index (χ4v) is 3.88. The van der Waals surface area contributed by atoms with Gasteiger partial charge in [-0.2, -0.15) is 0 Å². The number of hydrogen-bond donors (Lipinski definition) is 2. The molecule has 0 spiro atoms. The highest BCUT2D eigenvalue weighted by molar-refractivity contribution is 7.91. The Morgan fingerprint density at radius 1 is 1.21 bits per heavy atom. The smallest absolute Gasteiger partial charge is 0.308 e. The van der Waals surface area contributed by atoms with Crippen molar-refractivity contribution in [2.75, 3.05) is 5.75 Å². The van der Waals surface area contributed by atoms with Crippen molar-refractivity contribution in [3.63, 3.8) is 0 Å². The van der Waals surface area contributed by atoms with E-state index < -0.39 is 21.7 Å². The molecule has 7 heteroatoms. The van der Waals surface area contributed by atoms with Crippen LogP contribution in [0, 0.1) is 5.92 Å². The van der Waals surface area contributed by atoms with Crippen molar-refractivity contribution < 1.29 is 23.1 Å². The van der Waals surface area contributed by atoms with Gasteiger partial charge < -0.3 is 10.4 Å². The van der Waals surface area contributed by atoms with Crippen molar-refractivity contribution >= 4 is 21.7 Å². The van der Waals surface area contributed by atoms with Gasteiger partial charge in [-0.3, -0.25) is 9.59 Å². The van der Waals surface area contributed by atoms with E-state index in [0.29, 0.717) is 19.3 Å². The molecule has 1 saturated carbocycles. The molecule has 1 aromatic rings. The third-order valence-corrected chi connectivity index (χ3v) is 6.23. The molecule has 24 heavy (non-hydrogen) atoms. The van der Waals surface area contributed by atoms with Gasteiger partial charge in [-0.15, -0.1) is 0 Å². The Balaban J connectivity index is 1.87. The van der Waals surface area contributed by atoms with Gasteiger partial charge in [-0.05, 0) is 37.0 Å². The molecule has 1 aliphatic carbocycles. The molecule has 6 nitrogen and oxygen atoms in total. The lowest BCUT2D eigenvalue weighted by Crippen LogP contribution is -2.40. The van der Waals surface area contributed by atoms with E-state index in [0.717, 1.165) is 12.0 Å². The Morgan fingerprint density at radius 2 is 1.88 bits per heavy atom. The molecular weight excluding hydrogens is 330 g/mol. The Bertz CT molecular complexity index is 696. The number of aliphatic carboxylic acids is 1. The number of amides is 1. The van der Waals surface area contributed by atoms with Gasteiger partial charge in [0, 0.05) is 12.5 Å². The SMILES string of the molecule is CCS(=O)(=O)c1ccc(CCC(=O)N[C@@H]2CCC[C@@H]2C(=O)O)cc1. The molecule has 2 rings (SSSR count). The standard InChI is InChI=1S/C17H23NO5S/c1-2-24(22,23)13-9-6-12(7-10-13)8-11-16(19)18-15-5-3-4-14(15)17(20)21/h6-7,9-10,14-15H,2-5,8,11H2,1H3,(H,18,19)(H,20,21)/t14-,15+/m0/s1. The monoisotopic (exact) mass is 353 g/mol. The minimum absolute atomic E-state index is 0.0564. The topological polar surface area (TPSA) is 101 Å². The van der Waals surface area contributed by atoms with Gasteiger partial charge in [-0.25, -0.2) is 8.42 Å². The molecule has 1 fully saturated rings. The molecule has 2 atom stereocenters. The molecule has 0 bridgehead atoms. The van der Waals surface area contributed by atoms with Crippen LogP contribution in [-0.4, -0.2) is 37.2 Å². The van der Waals surface area contributed by atoms with Crippen LogP contribution in [0.25, 0.3) is 0 Å². The van der Waals surface area contributed by atoms with Crippen LogP contribution < -0.4 is 5.32 Å². The number of benzene rings is 1. The van der Waals surface area contributed by atoms with Crippen LogP contribution in [0.2, 0.25) is 0 Å². The zero-order chi connectivity index (χ0) is 17.7. The van der Waals surface area contributed by atoms with E-state index in [4.69, 9.17) is 5.11 Å². The first-order valence-electron chi connectivity index (χ1n) is 8.17. The predicted molar refractivity (Wildman–Crippen MR) is 89.4 cm³/mol. The van der Waals surface area contributed by atoms with Crippen molar-refractivity contribution in [1.29, 1.82) is 0 Å². The maximum Gasteiger partial charge on any atom is 0.308 e. The zero-order valence-corrected chi connectivity index (χ0v) is 14.5. The number of carbonyl (C=O) groups is 2. The first kappa shape index (κ1) is 18.4. The molecule has 0 aromatic heterocycles. The summed E-state index contributed by atoms with van der Waals surface area (Å²) in [5.41, 5.74) is 0.876. The van der Waals surface area contributed by atoms with Gasteiger partial charge in [0.1, 0.15) is 0 Å². The van der Waals surface area contributed by atoms with E-state index in [1.165, 1.54) is 0 Å². The Hall–Kier alpha value is -1.89. The van der Waals surface area contributed by atoms with Gasteiger partial charge in [0.05, 0.1) is 16.6 Å². The summed E-state index contributed by atoms with van der Waals surface area (Å²) in [5.74, 6) is -1.46. The average Bonchev–Trinajstić information content (AvgIpc) is 3.01. The Kier molecular flexibility index (Phi) is 5.99. The van der Waals surface area contributed by atoms with Crippen LogP contribution in [0.15, 0.2) is 29.2 Å². The number of carboxylic acids is 1. The zero-order valence-electron chi connectivity index (χ0n) is 13.7. The molecule has 1 amide bonds. The van der Waals surface area contributed by atoms with Crippen LogP contribution in [0.1, 0.15) is 38.2 Å². The van der Waals surface area contributed by atoms with Crippen LogP contribution in [0.5, 0.6) is 0 Å². The van der Waals surface area contributed by atoms with Crippen LogP contribution >= 0.6 is 0 Å². The molecule has 0 radical (unpaired) electrons. The molecule has 0 heterocycles. The van der Waals surface area contributed by atoms with Gasteiger partial charge in [-0.1, -0.05) is 25.5 Å². The van der Waals surface area contributed by atoms with Gasteiger partial charge >= 0.3 is 5.97 Å². The first-order chi connectivity index (χ1) is 11.3. The van der Waals surface area contributed by atoms with Crippen LogP contribution in [-0.2, 0) is 25.8 Å². The number of carboxylic acid groups (broad SMARTS) is 1. The predicted octanol–water partition coefficient (Wildman–Crippen LogP) is 1.78. The molecular formula is C17H23NO5S. The van der Waals surface area contributed by atoms with Gasteiger partial charge in [0.2, 0.25) is 5.91 Å². The largest absolute Gasteiger partial charge is 0.481 e. The summed E-state index contributed by atoms with van der Waals surface area (Å²) in [5, 5.41) is 11.9. The summed E-state index contributed by atoms with van der Waals surface area (Å²) >= 11 is 0. The summed E-state index contributed by atoms with van der Waals surface area (Å²) in [6.07, 6.45) is 2.86. The lowest BCUT2D eigenvalue weighted by molar-refractivity contribution is -0.142. The van der Waals surface area contributed by atoms with Crippen molar-refractivity contribution in [2.45, 2.75) is 50.0 Å². The normalized spacial score (nSPS) is 20.7. The summed E-state index contributed by atoms with van der Waals surface area (Å²) < 4.78 is 23.5. The van der Waals surface area contributed by atoms with Crippen LogP contribution in [0.4, 0.5) is 0 Å². The quantitative estimate of drug-likeness (QED) is 0.778. The molecule has 0 aliphatic heterocycles. The molecule has 132 valence electrons. The minimum atomic E-state index is -3.21.